The van der Waals surface area contributed by atoms with Gasteiger partial charge >= 0.3 is 12.3 Å². The van der Waals surface area contributed by atoms with Gasteiger partial charge in [0, 0.05) is 81.3 Å². The standard InChI is InChI=1S/C35H41ClF3N5O5/c36-27-16-21(15-26(31(27)46)35(37,38)39)17-29(32(47)43-13-11-42(12-14-43)24-18-22-5-6-23(19-24)40-22)49-33(48)44-9-7-34(8-10-44)20-30(45)41-28-4-2-1-3-25(28)34/h1-4,15-16,22-24,29,40,46H,5-14,17-20H2,(H,41,45)/t22?,23?,24?,29-/m1/s1. The zero-order valence-electron chi connectivity index (χ0n) is 27.1. The number of phenols is 1. The van der Waals surface area contributed by atoms with Crippen LogP contribution >= 0.6 is 11.6 Å². The van der Waals surface area contributed by atoms with E-state index in [1.54, 1.807) is 4.90 Å². The molecule has 2 aromatic carbocycles. The fourth-order valence-corrected chi connectivity index (χ4v) is 8.87. The van der Waals surface area contributed by atoms with Gasteiger partial charge in [0.05, 0.1) is 10.6 Å². The van der Waals surface area contributed by atoms with Gasteiger partial charge in [-0.2, -0.15) is 13.2 Å². The first-order chi connectivity index (χ1) is 23.4. The van der Waals surface area contributed by atoms with Crippen LogP contribution in [0.25, 0.3) is 0 Å². The quantitative estimate of drug-likeness (QED) is 0.406. The van der Waals surface area contributed by atoms with Crippen molar-refractivity contribution in [1.82, 2.24) is 20.0 Å². The molecule has 0 radical (unpaired) electrons. The van der Waals surface area contributed by atoms with Crippen LogP contribution in [0.15, 0.2) is 36.4 Å². The summed E-state index contributed by atoms with van der Waals surface area (Å²) in [6.07, 6.45) is -1.57. The first kappa shape index (κ1) is 33.9. The van der Waals surface area contributed by atoms with E-state index in [0.29, 0.717) is 63.6 Å². The van der Waals surface area contributed by atoms with Crippen LogP contribution in [-0.2, 0) is 32.3 Å². The zero-order chi connectivity index (χ0) is 34.5. The smallest absolute Gasteiger partial charge is 0.420 e. The second-order valence-corrected chi connectivity index (χ2v) is 14.6. The highest BCUT2D eigenvalue weighted by Gasteiger charge is 2.44. The number of phenolic OH excluding ortho intramolecular Hbond substituents is 1. The van der Waals surface area contributed by atoms with Crippen LogP contribution in [0.3, 0.4) is 0 Å². The Bertz CT molecular complexity index is 1600. The molecule has 10 nitrogen and oxygen atoms in total. The molecule has 3 atom stereocenters. The summed E-state index contributed by atoms with van der Waals surface area (Å²) in [7, 11) is 0. The molecule has 4 fully saturated rings. The molecular weight excluding hydrogens is 663 g/mol. The second kappa shape index (κ2) is 13.3. The molecule has 4 saturated heterocycles. The van der Waals surface area contributed by atoms with Crippen molar-refractivity contribution in [3.05, 3.63) is 58.1 Å². The van der Waals surface area contributed by atoms with Crippen molar-refractivity contribution < 1.29 is 37.4 Å². The first-order valence-corrected chi connectivity index (χ1v) is 17.5. The van der Waals surface area contributed by atoms with Gasteiger partial charge in [-0.05, 0) is 67.9 Å². The number of benzene rings is 2. The molecular formula is C35H41ClF3N5O5. The van der Waals surface area contributed by atoms with Gasteiger partial charge in [0.15, 0.2) is 6.10 Å². The SMILES string of the molecule is O=C1CC2(CCN(C(=O)O[C@H](Cc3cc(Cl)c(O)c(C(F)(F)F)c3)C(=O)N3CCN(C4CC5CCC(C4)N5)CC3)CC2)c2ccccc2N1. The van der Waals surface area contributed by atoms with Crippen LogP contribution in [0, 0.1) is 0 Å². The molecule has 14 heteroatoms. The maximum Gasteiger partial charge on any atom is 0.420 e. The van der Waals surface area contributed by atoms with Gasteiger partial charge < -0.3 is 30.3 Å². The second-order valence-electron chi connectivity index (χ2n) is 14.2. The molecule has 5 aliphatic heterocycles. The van der Waals surface area contributed by atoms with E-state index >= 15 is 0 Å². The van der Waals surface area contributed by atoms with Crippen molar-refractivity contribution in [3.63, 3.8) is 0 Å². The fraction of sp³-hybridized carbons (Fsp3) is 0.571. The monoisotopic (exact) mass is 703 g/mol. The Morgan fingerprint density at radius 2 is 1.67 bits per heavy atom. The summed E-state index contributed by atoms with van der Waals surface area (Å²) in [5, 5.41) is 16.1. The van der Waals surface area contributed by atoms with Crippen molar-refractivity contribution in [2.24, 2.45) is 0 Å². The fourth-order valence-electron chi connectivity index (χ4n) is 8.63. The summed E-state index contributed by atoms with van der Waals surface area (Å²) in [6, 6.07) is 11.0. The van der Waals surface area contributed by atoms with Gasteiger partial charge in [0.2, 0.25) is 5.91 Å². The molecule has 7 rings (SSSR count). The van der Waals surface area contributed by atoms with Crippen molar-refractivity contribution in [2.45, 2.75) is 87.2 Å². The van der Waals surface area contributed by atoms with E-state index in [1.807, 2.05) is 24.3 Å². The highest BCUT2D eigenvalue weighted by Crippen LogP contribution is 2.45. The highest BCUT2D eigenvalue weighted by atomic mass is 35.5. The molecule has 2 unspecified atom stereocenters. The number of ether oxygens (including phenoxy) is 1. The molecule has 49 heavy (non-hydrogen) atoms. The third kappa shape index (κ3) is 6.94. The maximum absolute atomic E-state index is 14.0. The lowest BCUT2D eigenvalue weighted by Gasteiger charge is -2.45. The molecule has 1 spiro atoms. The predicted molar refractivity (Wildman–Crippen MR) is 175 cm³/mol. The Kier molecular flexibility index (Phi) is 9.20. The number of piperazine rings is 1. The number of piperidine rings is 2. The molecule has 3 N–H and O–H groups in total. The Balaban J connectivity index is 1.06. The molecule has 2 bridgehead atoms. The van der Waals surface area contributed by atoms with Gasteiger partial charge in [-0.3, -0.25) is 14.5 Å². The van der Waals surface area contributed by atoms with Gasteiger partial charge in [0.1, 0.15) is 5.75 Å². The Morgan fingerprint density at radius 3 is 2.35 bits per heavy atom. The number of halogens is 4. The lowest BCUT2D eigenvalue weighted by atomic mass is 9.68. The Labute approximate surface area is 287 Å². The summed E-state index contributed by atoms with van der Waals surface area (Å²) < 4.78 is 47.1. The largest absolute Gasteiger partial charge is 0.506 e. The number of nitrogens with zero attached hydrogens (tertiary/aromatic N) is 3. The first-order valence-electron chi connectivity index (χ1n) is 17.1. The van der Waals surface area contributed by atoms with E-state index in [-0.39, 0.29) is 31.0 Å². The molecule has 0 saturated carbocycles. The number of para-hydroxylation sites is 1. The highest BCUT2D eigenvalue weighted by molar-refractivity contribution is 6.32. The average Bonchev–Trinajstić information content (AvgIpc) is 3.42. The number of nitrogens with one attached hydrogen (secondary N) is 2. The molecule has 3 amide bonds. The minimum absolute atomic E-state index is 0.00696. The van der Waals surface area contributed by atoms with E-state index < -0.39 is 46.0 Å². The number of hydrogen-bond donors (Lipinski definition) is 3. The van der Waals surface area contributed by atoms with Gasteiger partial charge in [-0.15, -0.1) is 0 Å². The number of carbonyl (C=O) groups is 3. The minimum Gasteiger partial charge on any atom is -0.506 e. The third-order valence-corrected chi connectivity index (χ3v) is 11.5. The van der Waals surface area contributed by atoms with Crippen molar-refractivity contribution in [1.29, 1.82) is 0 Å². The summed E-state index contributed by atoms with van der Waals surface area (Å²) in [4.78, 5) is 45.8. The van der Waals surface area contributed by atoms with Gasteiger partial charge in [-0.25, -0.2) is 4.79 Å². The van der Waals surface area contributed by atoms with Crippen molar-refractivity contribution >= 4 is 35.2 Å². The number of fused-ring (bicyclic) bond motifs is 4. The van der Waals surface area contributed by atoms with Crippen LogP contribution in [0.5, 0.6) is 5.75 Å². The van der Waals surface area contributed by atoms with E-state index in [0.717, 1.165) is 30.2 Å². The number of carbonyl (C=O) groups excluding carboxylic acids is 3. The van der Waals surface area contributed by atoms with Crippen molar-refractivity contribution in [3.8, 4) is 5.75 Å². The Morgan fingerprint density at radius 1 is 1.00 bits per heavy atom. The van der Waals surface area contributed by atoms with Crippen molar-refractivity contribution in [2.75, 3.05) is 44.6 Å². The third-order valence-electron chi connectivity index (χ3n) is 11.2. The predicted octanol–water partition coefficient (Wildman–Crippen LogP) is 4.92. The van der Waals surface area contributed by atoms with Crippen LogP contribution in [0.1, 0.15) is 61.6 Å². The topological polar surface area (TPSA) is 114 Å². The molecule has 5 heterocycles. The van der Waals surface area contributed by atoms with E-state index in [4.69, 9.17) is 16.3 Å². The number of alkyl halides is 3. The average molecular weight is 704 g/mol. The minimum atomic E-state index is -4.89. The molecule has 0 aliphatic carbocycles. The lowest BCUT2D eigenvalue weighted by Crippen LogP contribution is -2.57. The summed E-state index contributed by atoms with van der Waals surface area (Å²) in [5.74, 6) is -1.67. The number of amides is 3. The van der Waals surface area contributed by atoms with Crippen LogP contribution < -0.4 is 10.6 Å². The van der Waals surface area contributed by atoms with Crippen LogP contribution in [0.4, 0.5) is 23.7 Å². The zero-order valence-corrected chi connectivity index (χ0v) is 27.9. The lowest BCUT2D eigenvalue weighted by molar-refractivity contribution is -0.143. The molecule has 5 aliphatic rings. The summed E-state index contributed by atoms with van der Waals surface area (Å²) >= 11 is 6.00. The summed E-state index contributed by atoms with van der Waals surface area (Å²) in [5.41, 5.74) is 0.0353. The van der Waals surface area contributed by atoms with Gasteiger partial charge in [0.25, 0.3) is 5.91 Å². The Hall–Kier alpha value is -3.55. The molecule has 264 valence electrons. The van der Waals surface area contributed by atoms with E-state index in [2.05, 4.69) is 15.5 Å². The van der Waals surface area contributed by atoms with Gasteiger partial charge in [-0.1, -0.05) is 29.8 Å². The summed E-state index contributed by atoms with van der Waals surface area (Å²) in [6.45, 7) is 2.68. The van der Waals surface area contributed by atoms with E-state index in [1.165, 1.54) is 23.8 Å². The normalized spacial score (nSPS) is 25.9. The number of hydrogen-bond acceptors (Lipinski definition) is 7. The maximum atomic E-state index is 14.0. The number of anilines is 1. The number of aromatic hydroxyl groups is 1. The molecule has 0 aromatic heterocycles. The number of likely N-dealkylation sites (tertiary alicyclic amines) is 1. The van der Waals surface area contributed by atoms with E-state index in [9.17, 15) is 32.7 Å². The number of rotatable bonds is 5. The van der Waals surface area contributed by atoms with Crippen LogP contribution in [0.2, 0.25) is 5.02 Å². The molecule has 2 aromatic rings. The van der Waals surface area contributed by atoms with Crippen LogP contribution in [-0.4, -0.2) is 101 Å².